The van der Waals surface area contributed by atoms with Crippen LogP contribution in [0.4, 0.5) is 0 Å². The Morgan fingerprint density at radius 3 is 3.05 bits per heavy atom. The summed E-state index contributed by atoms with van der Waals surface area (Å²) in [5, 5.41) is 5.14. The van der Waals surface area contributed by atoms with E-state index in [4.69, 9.17) is 20.8 Å². The molecule has 1 fully saturated rings. The predicted molar refractivity (Wildman–Crippen MR) is 76.6 cm³/mol. The highest BCUT2D eigenvalue weighted by Gasteiger charge is 2.23. The van der Waals surface area contributed by atoms with Gasteiger partial charge in [-0.1, -0.05) is 11.6 Å². The van der Waals surface area contributed by atoms with Gasteiger partial charge in [0.05, 0.1) is 6.04 Å². The minimum absolute atomic E-state index is 0.234. The van der Waals surface area contributed by atoms with Gasteiger partial charge in [-0.15, -0.1) is 0 Å². The minimum atomic E-state index is 0.234. The number of fused-ring (bicyclic) bond motifs is 1. The summed E-state index contributed by atoms with van der Waals surface area (Å²) in [6.07, 6.45) is 2.19. The van der Waals surface area contributed by atoms with Crippen molar-refractivity contribution in [3.05, 3.63) is 35.0 Å². The number of halogens is 1. The molecule has 4 heteroatoms. The zero-order chi connectivity index (χ0) is 13.2. The van der Waals surface area contributed by atoms with Crippen molar-refractivity contribution in [3.63, 3.8) is 0 Å². The van der Waals surface area contributed by atoms with Crippen LogP contribution >= 0.6 is 11.6 Å². The van der Waals surface area contributed by atoms with Crippen molar-refractivity contribution >= 4 is 22.6 Å². The van der Waals surface area contributed by atoms with Crippen LogP contribution in [0, 0.1) is 5.92 Å². The summed E-state index contributed by atoms with van der Waals surface area (Å²) in [6, 6.07) is 8.04. The van der Waals surface area contributed by atoms with E-state index in [1.54, 1.807) is 0 Å². The topological polar surface area (TPSA) is 34.4 Å². The fourth-order valence-electron chi connectivity index (χ4n) is 2.69. The molecule has 1 aliphatic heterocycles. The average molecular weight is 280 g/mol. The third kappa shape index (κ3) is 2.78. The van der Waals surface area contributed by atoms with Gasteiger partial charge in [-0.3, -0.25) is 0 Å². The maximum atomic E-state index is 6.01. The average Bonchev–Trinajstić information content (AvgIpc) is 3.03. The van der Waals surface area contributed by atoms with Gasteiger partial charge in [0.15, 0.2) is 0 Å². The van der Waals surface area contributed by atoms with E-state index in [-0.39, 0.29) is 6.04 Å². The quantitative estimate of drug-likeness (QED) is 0.925. The minimum Gasteiger partial charge on any atom is -0.459 e. The van der Waals surface area contributed by atoms with Crippen LogP contribution in [0.25, 0.3) is 11.0 Å². The van der Waals surface area contributed by atoms with Gasteiger partial charge in [-0.2, -0.15) is 0 Å². The molecule has 1 aromatic carbocycles. The summed E-state index contributed by atoms with van der Waals surface area (Å²) in [5.41, 5.74) is 0.891. The number of hydrogen-bond donors (Lipinski definition) is 1. The summed E-state index contributed by atoms with van der Waals surface area (Å²) in [5.74, 6) is 1.60. The van der Waals surface area contributed by atoms with Crippen LogP contribution in [0.2, 0.25) is 5.02 Å². The van der Waals surface area contributed by atoms with Gasteiger partial charge in [0, 0.05) is 23.6 Å². The highest BCUT2D eigenvalue weighted by Crippen LogP contribution is 2.31. The highest BCUT2D eigenvalue weighted by molar-refractivity contribution is 6.31. The van der Waals surface area contributed by atoms with Gasteiger partial charge in [0.25, 0.3) is 0 Å². The molecule has 2 unspecified atom stereocenters. The molecule has 3 rings (SSSR count). The summed E-state index contributed by atoms with van der Waals surface area (Å²) in [4.78, 5) is 0. The number of benzene rings is 1. The van der Waals surface area contributed by atoms with E-state index in [9.17, 15) is 0 Å². The first-order chi connectivity index (χ1) is 9.26. The number of rotatable bonds is 4. The van der Waals surface area contributed by atoms with Crippen LogP contribution in [0.3, 0.4) is 0 Å². The summed E-state index contributed by atoms with van der Waals surface area (Å²) < 4.78 is 11.4. The van der Waals surface area contributed by atoms with Crippen LogP contribution in [-0.2, 0) is 4.74 Å². The van der Waals surface area contributed by atoms with E-state index in [0.717, 1.165) is 47.8 Å². The lowest BCUT2D eigenvalue weighted by molar-refractivity contribution is 0.181. The number of furan rings is 1. The van der Waals surface area contributed by atoms with Gasteiger partial charge in [0.1, 0.15) is 11.3 Å². The van der Waals surface area contributed by atoms with Gasteiger partial charge in [-0.05, 0) is 50.1 Å². The Kier molecular flexibility index (Phi) is 3.78. The molecular formula is C15H18ClNO2. The first-order valence-corrected chi connectivity index (χ1v) is 7.08. The Morgan fingerprint density at radius 2 is 2.32 bits per heavy atom. The van der Waals surface area contributed by atoms with Crippen molar-refractivity contribution in [1.82, 2.24) is 5.32 Å². The standard InChI is InChI=1S/C15H18ClNO2/c1-17-13(6-10-4-5-18-9-10)15-8-11-7-12(16)2-3-14(11)19-15/h2-3,7-8,10,13,17H,4-6,9H2,1H3. The number of ether oxygens (including phenoxy) is 1. The van der Waals surface area contributed by atoms with Crippen molar-refractivity contribution < 1.29 is 9.15 Å². The molecule has 102 valence electrons. The maximum absolute atomic E-state index is 6.01. The molecule has 1 saturated heterocycles. The molecule has 0 aliphatic carbocycles. The van der Waals surface area contributed by atoms with E-state index in [0.29, 0.717) is 5.92 Å². The van der Waals surface area contributed by atoms with Gasteiger partial charge >= 0.3 is 0 Å². The maximum Gasteiger partial charge on any atom is 0.134 e. The second-order valence-corrected chi connectivity index (χ2v) is 5.57. The Morgan fingerprint density at radius 1 is 1.42 bits per heavy atom. The molecule has 1 aromatic heterocycles. The monoisotopic (exact) mass is 279 g/mol. The first kappa shape index (κ1) is 13.0. The predicted octanol–water partition coefficient (Wildman–Crippen LogP) is 3.77. The van der Waals surface area contributed by atoms with Crippen LogP contribution < -0.4 is 5.32 Å². The SMILES string of the molecule is CNC(CC1CCOC1)c1cc2cc(Cl)ccc2o1. The zero-order valence-corrected chi connectivity index (χ0v) is 11.7. The molecule has 3 nitrogen and oxygen atoms in total. The van der Waals surface area contributed by atoms with Crippen LogP contribution in [-0.4, -0.2) is 20.3 Å². The van der Waals surface area contributed by atoms with E-state index in [2.05, 4.69) is 11.4 Å². The Balaban J connectivity index is 1.83. The second-order valence-electron chi connectivity index (χ2n) is 5.14. The lowest BCUT2D eigenvalue weighted by atomic mass is 9.98. The molecule has 0 spiro atoms. The molecular weight excluding hydrogens is 262 g/mol. The van der Waals surface area contributed by atoms with Crippen molar-refractivity contribution in [2.75, 3.05) is 20.3 Å². The number of hydrogen-bond acceptors (Lipinski definition) is 3. The van der Waals surface area contributed by atoms with E-state index in [1.807, 2.05) is 25.2 Å². The second kappa shape index (κ2) is 5.53. The van der Waals surface area contributed by atoms with E-state index >= 15 is 0 Å². The Hall–Kier alpha value is -1.03. The highest BCUT2D eigenvalue weighted by atomic mass is 35.5. The van der Waals surface area contributed by atoms with Crippen LogP contribution in [0.5, 0.6) is 0 Å². The molecule has 19 heavy (non-hydrogen) atoms. The first-order valence-electron chi connectivity index (χ1n) is 6.70. The van der Waals surface area contributed by atoms with Gasteiger partial charge < -0.3 is 14.5 Å². The molecule has 0 radical (unpaired) electrons. The van der Waals surface area contributed by atoms with Gasteiger partial charge in [-0.25, -0.2) is 0 Å². The van der Waals surface area contributed by atoms with Crippen molar-refractivity contribution in [2.45, 2.75) is 18.9 Å². The third-order valence-electron chi connectivity index (χ3n) is 3.78. The normalized spacial score (nSPS) is 21.1. The van der Waals surface area contributed by atoms with E-state index in [1.165, 1.54) is 0 Å². The Labute approximate surface area is 117 Å². The summed E-state index contributed by atoms with van der Waals surface area (Å²) in [7, 11) is 1.97. The summed E-state index contributed by atoms with van der Waals surface area (Å²) >= 11 is 6.01. The van der Waals surface area contributed by atoms with Gasteiger partial charge in [0.2, 0.25) is 0 Å². The Bertz CT molecular complexity index is 560. The molecule has 1 N–H and O–H groups in total. The smallest absolute Gasteiger partial charge is 0.134 e. The lowest BCUT2D eigenvalue weighted by Crippen LogP contribution is -2.19. The zero-order valence-electron chi connectivity index (χ0n) is 11.0. The van der Waals surface area contributed by atoms with Crippen molar-refractivity contribution in [2.24, 2.45) is 5.92 Å². The van der Waals surface area contributed by atoms with Crippen molar-refractivity contribution in [1.29, 1.82) is 0 Å². The molecule has 2 atom stereocenters. The third-order valence-corrected chi connectivity index (χ3v) is 4.02. The molecule has 2 aromatic rings. The van der Waals surface area contributed by atoms with Crippen LogP contribution in [0.15, 0.2) is 28.7 Å². The molecule has 0 saturated carbocycles. The molecule has 1 aliphatic rings. The molecule has 0 bridgehead atoms. The molecule has 0 amide bonds. The van der Waals surface area contributed by atoms with Crippen LogP contribution in [0.1, 0.15) is 24.6 Å². The van der Waals surface area contributed by atoms with Crippen molar-refractivity contribution in [3.8, 4) is 0 Å². The van der Waals surface area contributed by atoms with E-state index < -0.39 is 0 Å². The fourth-order valence-corrected chi connectivity index (χ4v) is 2.87. The fraction of sp³-hybridized carbons (Fsp3) is 0.467. The lowest BCUT2D eigenvalue weighted by Gasteiger charge is -2.16. The molecule has 2 heterocycles. The number of nitrogens with one attached hydrogen (secondary N) is 1. The largest absolute Gasteiger partial charge is 0.459 e. The summed E-state index contributed by atoms with van der Waals surface area (Å²) in [6.45, 7) is 1.75.